The number of ether oxygens (including phenoxy) is 1. The summed E-state index contributed by atoms with van der Waals surface area (Å²) in [5, 5.41) is 0. The van der Waals surface area contributed by atoms with Crippen LogP contribution in [0.15, 0.2) is 34.9 Å². The molecule has 19 heavy (non-hydrogen) atoms. The van der Waals surface area contributed by atoms with Crippen molar-refractivity contribution >= 4 is 5.97 Å². The number of esters is 1. The first-order valence-electron chi connectivity index (χ1n) is 7.07. The van der Waals surface area contributed by atoms with E-state index in [1.807, 2.05) is 13.0 Å². The fraction of sp³-hybridized carbons (Fsp3) is 0.588. The van der Waals surface area contributed by atoms with E-state index in [0.29, 0.717) is 0 Å². The highest BCUT2D eigenvalue weighted by atomic mass is 16.5. The maximum Gasteiger partial charge on any atom is 0.330 e. The van der Waals surface area contributed by atoms with Gasteiger partial charge in [-0.1, -0.05) is 38.5 Å². The van der Waals surface area contributed by atoms with E-state index in [1.165, 1.54) is 38.0 Å². The minimum absolute atomic E-state index is 0.242. The van der Waals surface area contributed by atoms with Gasteiger partial charge in [0, 0.05) is 6.08 Å². The molecule has 0 bridgehead atoms. The van der Waals surface area contributed by atoms with Crippen molar-refractivity contribution in [1.82, 2.24) is 0 Å². The highest BCUT2D eigenvalue weighted by molar-refractivity contribution is 5.83. The van der Waals surface area contributed by atoms with Crippen LogP contribution in [0.5, 0.6) is 0 Å². The fourth-order valence-electron chi connectivity index (χ4n) is 2.71. The van der Waals surface area contributed by atoms with Gasteiger partial charge in [0.25, 0.3) is 0 Å². The molecule has 0 aliphatic heterocycles. The normalized spacial score (nSPS) is 19.9. The first kappa shape index (κ1) is 15.7. The number of carbonyl (C=O) groups is 1. The van der Waals surface area contributed by atoms with Crippen LogP contribution in [0.2, 0.25) is 0 Å². The van der Waals surface area contributed by atoms with E-state index in [9.17, 15) is 4.79 Å². The van der Waals surface area contributed by atoms with Crippen LogP contribution in [0.25, 0.3) is 0 Å². The molecule has 0 saturated heterocycles. The molecule has 0 unspecified atom stereocenters. The summed E-state index contributed by atoms with van der Waals surface area (Å²) in [5.41, 5.74) is 4.17. The fourth-order valence-corrected chi connectivity index (χ4v) is 2.71. The first-order chi connectivity index (χ1) is 8.90. The van der Waals surface area contributed by atoms with Crippen LogP contribution in [0.1, 0.15) is 53.4 Å². The molecule has 0 aromatic rings. The van der Waals surface area contributed by atoms with Crippen LogP contribution in [0.3, 0.4) is 0 Å². The number of allylic oxidation sites excluding steroid dienone is 5. The van der Waals surface area contributed by atoms with Crippen molar-refractivity contribution in [3.8, 4) is 0 Å². The zero-order chi connectivity index (χ0) is 14.5. The summed E-state index contributed by atoms with van der Waals surface area (Å²) >= 11 is 0. The Morgan fingerprint density at radius 1 is 1.42 bits per heavy atom. The molecule has 0 spiro atoms. The lowest BCUT2D eigenvalue weighted by atomic mass is 9.71. The summed E-state index contributed by atoms with van der Waals surface area (Å²) in [6.45, 7) is 8.76. The van der Waals surface area contributed by atoms with Crippen LogP contribution in [0, 0.1) is 5.41 Å². The third-order valence-corrected chi connectivity index (χ3v) is 3.88. The van der Waals surface area contributed by atoms with Crippen molar-refractivity contribution in [3.05, 3.63) is 34.9 Å². The van der Waals surface area contributed by atoms with Gasteiger partial charge in [0.1, 0.15) is 0 Å². The van der Waals surface area contributed by atoms with Crippen molar-refractivity contribution in [3.63, 3.8) is 0 Å². The number of hydrogen-bond donors (Lipinski definition) is 0. The first-order valence-corrected chi connectivity index (χ1v) is 7.07. The Balaban J connectivity index is 2.97. The summed E-state index contributed by atoms with van der Waals surface area (Å²) < 4.78 is 4.63. The SMILES string of the molecule is CCC1=C(/C=C/C(C)=C/C(=O)OC)C(C)(C)CCC1. The molecular formula is C17H26O2. The topological polar surface area (TPSA) is 26.3 Å². The molecule has 2 nitrogen and oxygen atoms in total. The van der Waals surface area contributed by atoms with Crippen molar-refractivity contribution in [2.45, 2.75) is 53.4 Å². The summed E-state index contributed by atoms with van der Waals surface area (Å²) in [6, 6.07) is 0. The molecule has 0 aromatic heterocycles. The Hall–Kier alpha value is -1.31. The van der Waals surface area contributed by atoms with E-state index in [4.69, 9.17) is 0 Å². The van der Waals surface area contributed by atoms with Gasteiger partial charge in [-0.25, -0.2) is 4.79 Å². The molecule has 0 atom stereocenters. The summed E-state index contributed by atoms with van der Waals surface area (Å²) in [5.74, 6) is -0.297. The van der Waals surface area contributed by atoms with E-state index in [-0.39, 0.29) is 11.4 Å². The van der Waals surface area contributed by atoms with Crippen LogP contribution < -0.4 is 0 Å². The van der Waals surface area contributed by atoms with E-state index in [2.05, 4.69) is 31.6 Å². The molecule has 106 valence electrons. The monoisotopic (exact) mass is 262 g/mol. The van der Waals surface area contributed by atoms with E-state index in [1.54, 1.807) is 5.57 Å². The van der Waals surface area contributed by atoms with Gasteiger partial charge in [-0.3, -0.25) is 0 Å². The second-order valence-electron chi connectivity index (χ2n) is 5.85. The van der Waals surface area contributed by atoms with Crippen molar-refractivity contribution in [2.75, 3.05) is 7.11 Å². The second-order valence-corrected chi connectivity index (χ2v) is 5.85. The minimum Gasteiger partial charge on any atom is -0.466 e. The lowest BCUT2D eigenvalue weighted by molar-refractivity contribution is -0.134. The van der Waals surface area contributed by atoms with Gasteiger partial charge in [0.05, 0.1) is 7.11 Å². The maximum absolute atomic E-state index is 11.2. The lowest BCUT2D eigenvalue weighted by Crippen LogP contribution is -2.19. The Morgan fingerprint density at radius 2 is 2.11 bits per heavy atom. The quantitative estimate of drug-likeness (QED) is 0.421. The number of carbonyl (C=O) groups excluding carboxylic acids is 1. The lowest BCUT2D eigenvalue weighted by Gasteiger charge is -2.33. The standard InChI is InChI=1S/C17H26O2/c1-6-14-8-7-11-17(3,4)15(14)10-9-13(2)12-16(18)19-5/h9-10,12H,6-8,11H2,1-5H3/b10-9+,13-12+. The largest absolute Gasteiger partial charge is 0.466 e. The summed E-state index contributed by atoms with van der Waals surface area (Å²) in [4.78, 5) is 11.2. The van der Waals surface area contributed by atoms with Gasteiger partial charge in [0.15, 0.2) is 0 Å². The molecule has 1 rings (SSSR count). The van der Waals surface area contributed by atoms with E-state index >= 15 is 0 Å². The average Bonchev–Trinajstić information content (AvgIpc) is 2.35. The molecule has 0 saturated carbocycles. The minimum atomic E-state index is -0.297. The van der Waals surface area contributed by atoms with Crippen LogP contribution in [-0.2, 0) is 9.53 Å². The highest BCUT2D eigenvalue weighted by Gasteiger charge is 2.27. The molecule has 0 amide bonds. The van der Waals surface area contributed by atoms with Crippen LogP contribution in [-0.4, -0.2) is 13.1 Å². The highest BCUT2D eigenvalue weighted by Crippen LogP contribution is 2.41. The molecule has 2 heteroatoms. The molecule has 0 heterocycles. The zero-order valence-corrected chi connectivity index (χ0v) is 12.9. The Labute approximate surface area is 117 Å². The number of methoxy groups -OCH3 is 1. The van der Waals surface area contributed by atoms with Crippen molar-refractivity contribution < 1.29 is 9.53 Å². The second kappa shape index (κ2) is 6.74. The van der Waals surface area contributed by atoms with Gasteiger partial charge < -0.3 is 4.74 Å². The van der Waals surface area contributed by atoms with Crippen molar-refractivity contribution in [2.24, 2.45) is 5.41 Å². The Bertz CT molecular complexity index is 423. The summed E-state index contributed by atoms with van der Waals surface area (Å²) in [6.07, 6.45) is 10.6. The van der Waals surface area contributed by atoms with Crippen molar-refractivity contribution in [1.29, 1.82) is 0 Å². The number of hydrogen-bond acceptors (Lipinski definition) is 2. The molecule has 0 N–H and O–H groups in total. The number of rotatable bonds is 4. The molecule has 1 aliphatic carbocycles. The van der Waals surface area contributed by atoms with Crippen LogP contribution >= 0.6 is 0 Å². The maximum atomic E-state index is 11.2. The predicted octanol–water partition coefficient (Wildman–Crippen LogP) is 4.58. The summed E-state index contributed by atoms with van der Waals surface area (Å²) in [7, 11) is 1.40. The van der Waals surface area contributed by atoms with E-state index < -0.39 is 0 Å². The van der Waals surface area contributed by atoms with E-state index in [0.717, 1.165) is 12.0 Å². The molecule has 1 aliphatic rings. The molecule has 0 radical (unpaired) electrons. The molecule has 0 aromatic carbocycles. The van der Waals surface area contributed by atoms with Gasteiger partial charge in [0.2, 0.25) is 0 Å². The third kappa shape index (κ3) is 4.38. The van der Waals surface area contributed by atoms with Crippen LogP contribution in [0.4, 0.5) is 0 Å². The third-order valence-electron chi connectivity index (χ3n) is 3.88. The molecular weight excluding hydrogens is 236 g/mol. The predicted molar refractivity (Wildman–Crippen MR) is 79.9 cm³/mol. The van der Waals surface area contributed by atoms with Gasteiger partial charge in [-0.15, -0.1) is 0 Å². The molecule has 0 fully saturated rings. The Morgan fingerprint density at radius 3 is 2.68 bits per heavy atom. The Kier molecular flexibility index (Phi) is 5.59. The van der Waals surface area contributed by atoms with Gasteiger partial charge in [-0.2, -0.15) is 0 Å². The zero-order valence-electron chi connectivity index (χ0n) is 12.9. The van der Waals surface area contributed by atoms with Gasteiger partial charge >= 0.3 is 5.97 Å². The van der Waals surface area contributed by atoms with Gasteiger partial charge in [-0.05, 0) is 49.2 Å². The average molecular weight is 262 g/mol. The smallest absolute Gasteiger partial charge is 0.330 e.